The molecule has 0 aliphatic carbocycles. The molecule has 2 heteroatoms. The van der Waals surface area contributed by atoms with Gasteiger partial charge in [0.05, 0.1) is 0 Å². The van der Waals surface area contributed by atoms with Gasteiger partial charge in [-0.15, -0.1) is 0 Å². The zero-order valence-electron chi connectivity index (χ0n) is 5.48. The normalized spacial score (nSPS) is 55.6. The standard InChI is InChI=1S/C6H13ITe/c1-6-4-3-5-8(6,2)7/h6H,3-5H2,1-2H3. The first kappa shape index (κ1) is 7.62. The summed E-state index contributed by atoms with van der Waals surface area (Å²) < 4.78 is 2.75. The predicted octanol–water partition coefficient (Wildman–Crippen LogP) is 3.18. The van der Waals surface area contributed by atoms with Crippen LogP contribution >= 0.6 is 18.7 Å². The van der Waals surface area contributed by atoms with E-state index < -0.39 is 14.2 Å². The van der Waals surface area contributed by atoms with E-state index in [-0.39, 0.29) is 0 Å². The van der Waals surface area contributed by atoms with Crippen LogP contribution in [0.2, 0.25) is 13.4 Å². The van der Waals surface area contributed by atoms with Gasteiger partial charge in [0.25, 0.3) is 0 Å². The van der Waals surface area contributed by atoms with Gasteiger partial charge in [-0.25, -0.2) is 0 Å². The second-order valence-electron chi connectivity index (χ2n) is 2.70. The molecule has 0 spiro atoms. The first-order chi connectivity index (χ1) is 3.63. The molecule has 0 aromatic rings. The van der Waals surface area contributed by atoms with Crippen molar-refractivity contribution in [3.8, 4) is 0 Å². The second-order valence-corrected chi connectivity index (χ2v) is 25.6. The van der Waals surface area contributed by atoms with Crippen LogP contribution < -0.4 is 0 Å². The molecule has 8 heavy (non-hydrogen) atoms. The molecular formula is C6H13ITe. The molecule has 0 N–H and O–H groups in total. The molecule has 1 rings (SSSR count). The number of rotatable bonds is 0. The minimum atomic E-state index is -1.15. The topological polar surface area (TPSA) is 0 Å². The Morgan fingerprint density at radius 2 is 2.25 bits per heavy atom. The van der Waals surface area contributed by atoms with E-state index in [9.17, 15) is 0 Å². The Morgan fingerprint density at radius 1 is 1.62 bits per heavy atom. The summed E-state index contributed by atoms with van der Waals surface area (Å²) in [7, 11) is 0. The molecule has 0 aromatic carbocycles. The Bertz CT molecular complexity index is 90.5. The van der Waals surface area contributed by atoms with E-state index in [1.165, 1.54) is 12.8 Å². The van der Waals surface area contributed by atoms with Crippen molar-refractivity contribution < 1.29 is 0 Å². The van der Waals surface area contributed by atoms with E-state index in [0.717, 1.165) is 3.97 Å². The average molecular weight is 340 g/mol. The van der Waals surface area contributed by atoms with E-state index in [0.29, 0.717) is 0 Å². The maximum atomic E-state index is 2.78. The fourth-order valence-corrected chi connectivity index (χ4v) is 10.0. The van der Waals surface area contributed by atoms with Crippen molar-refractivity contribution >= 4 is 32.9 Å². The molecule has 0 nitrogen and oxygen atoms in total. The van der Waals surface area contributed by atoms with Crippen LogP contribution in [-0.4, -0.2) is 14.2 Å². The van der Waals surface area contributed by atoms with Crippen LogP contribution in [-0.2, 0) is 0 Å². The second kappa shape index (κ2) is 2.64. The van der Waals surface area contributed by atoms with E-state index in [1.807, 2.05) is 0 Å². The molecule has 2 atom stereocenters. The van der Waals surface area contributed by atoms with Crippen molar-refractivity contribution in [1.82, 2.24) is 0 Å². The van der Waals surface area contributed by atoms with Gasteiger partial charge in [-0.3, -0.25) is 0 Å². The third-order valence-corrected chi connectivity index (χ3v) is 19.3. The third-order valence-electron chi connectivity index (χ3n) is 1.99. The van der Waals surface area contributed by atoms with Gasteiger partial charge in [-0.05, 0) is 0 Å². The summed E-state index contributed by atoms with van der Waals surface area (Å²) in [5, 5.41) is 0. The summed E-state index contributed by atoms with van der Waals surface area (Å²) >= 11 is 1.63. The van der Waals surface area contributed by atoms with Crippen molar-refractivity contribution in [3.63, 3.8) is 0 Å². The van der Waals surface area contributed by atoms with Crippen LogP contribution in [0.15, 0.2) is 0 Å². The van der Waals surface area contributed by atoms with Crippen LogP contribution in [0.1, 0.15) is 19.8 Å². The van der Waals surface area contributed by atoms with Gasteiger partial charge in [0.1, 0.15) is 0 Å². The summed E-state index contributed by atoms with van der Waals surface area (Å²) in [4.78, 5) is 2.56. The van der Waals surface area contributed by atoms with Crippen LogP contribution in [0.4, 0.5) is 0 Å². The Labute approximate surface area is 65.5 Å². The Hall–Kier alpha value is 1.52. The van der Waals surface area contributed by atoms with Crippen molar-refractivity contribution in [2.75, 3.05) is 0 Å². The van der Waals surface area contributed by atoms with E-state index in [4.69, 9.17) is 0 Å². The summed E-state index contributed by atoms with van der Waals surface area (Å²) in [6.45, 7) is 2.44. The van der Waals surface area contributed by atoms with Crippen molar-refractivity contribution in [3.05, 3.63) is 0 Å². The van der Waals surface area contributed by atoms with E-state index in [1.54, 1.807) is 4.47 Å². The Kier molecular flexibility index (Phi) is 2.51. The van der Waals surface area contributed by atoms with Gasteiger partial charge in [-0.1, -0.05) is 0 Å². The van der Waals surface area contributed by atoms with Crippen molar-refractivity contribution in [2.45, 2.75) is 33.2 Å². The van der Waals surface area contributed by atoms with Gasteiger partial charge >= 0.3 is 66.1 Å². The summed E-state index contributed by atoms with van der Waals surface area (Å²) in [5.74, 6) is 0. The van der Waals surface area contributed by atoms with Gasteiger partial charge in [-0.2, -0.15) is 0 Å². The monoisotopic (exact) mass is 342 g/mol. The van der Waals surface area contributed by atoms with Crippen molar-refractivity contribution in [2.24, 2.45) is 0 Å². The van der Waals surface area contributed by atoms with Gasteiger partial charge in [0, 0.05) is 0 Å². The number of hydrogen-bond acceptors (Lipinski definition) is 0. The van der Waals surface area contributed by atoms with Gasteiger partial charge in [0.2, 0.25) is 0 Å². The molecule has 1 fully saturated rings. The van der Waals surface area contributed by atoms with Crippen LogP contribution in [0.3, 0.4) is 0 Å². The molecule has 0 amide bonds. The average Bonchev–Trinajstić information content (AvgIpc) is 1.86. The van der Waals surface area contributed by atoms with Gasteiger partial charge < -0.3 is 0 Å². The zero-order chi connectivity index (χ0) is 6.20. The van der Waals surface area contributed by atoms with E-state index >= 15 is 0 Å². The molecule has 2 unspecified atom stereocenters. The molecule has 0 saturated carbocycles. The molecule has 1 aliphatic heterocycles. The maximum absolute atomic E-state index is 2.78. The Balaban J connectivity index is 2.54. The van der Waals surface area contributed by atoms with Crippen LogP contribution in [0, 0.1) is 0 Å². The number of halogens is 1. The summed E-state index contributed by atoms with van der Waals surface area (Å²) in [6.07, 6.45) is 3.06. The quantitative estimate of drug-likeness (QED) is 0.470. The zero-order valence-corrected chi connectivity index (χ0v) is 9.97. The fraction of sp³-hybridized carbons (Fsp3) is 1.00. The van der Waals surface area contributed by atoms with Crippen molar-refractivity contribution in [1.29, 1.82) is 0 Å². The first-order valence-corrected chi connectivity index (χ1v) is 15.2. The molecule has 0 aromatic heterocycles. The molecule has 1 saturated heterocycles. The summed E-state index contributed by atoms with van der Waals surface area (Å²) in [6, 6.07) is 0. The molecule has 1 heterocycles. The van der Waals surface area contributed by atoms with E-state index in [2.05, 4.69) is 30.6 Å². The van der Waals surface area contributed by atoms with Crippen LogP contribution in [0.5, 0.6) is 0 Å². The minimum absolute atomic E-state index is 1.14. The predicted molar refractivity (Wildman–Crippen MR) is 49.1 cm³/mol. The number of hydrogen-bond donors (Lipinski definition) is 0. The first-order valence-electron chi connectivity index (χ1n) is 3.07. The molecule has 1 aliphatic rings. The van der Waals surface area contributed by atoms with Gasteiger partial charge in [0.15, 0.2) is 0 Å². The third kappa shape index (κ3) is 1.52. The molecule has 50 valence electrons. The Morgan fingerprint density at radius 3 is 2.38 bits per heavy atom. The molecular weight excluding hydrogens is 327 g/mol. The SMILES string of the molecule is CC1CCC[Te]1(C)I. The fourth-order valence-electron chi connectivity index (χ4n) is 1.10. The molecule has 0 bridgehead atoms. The van der Waals surface area contributed by atoms with Crippen LogP contribution in [0.25, 0.3) is 0 Å². The molecule has 0 radical (unpaired) electrons. The summed E-state index contributed by atoms with van der Waals surface area (Å²) in [5.41, 5.74) is 0.